The predicted octanol–water partition coefficient (Wildman–Crippen LogP) is 0.609. The Morgan fingerprint density at radius 3 is 2.50 bits per heavy atom. The van der Waals surface area contributed by atoms with Crippen molar-refractivity contribution in [3.63, 3.8) is 0 Å². The van der Waals surface area contributed by atoms with Crippen molar-refractivity contribution in [2.75, 3.05) is 33.7 Å². The summed E-state index contributed by atoms with van der Waals surface area (Å²) in [6.07, 6.45) is 2.32. The summed E-state index contributed by atoms with van der Waals surface area (Å²) in [4.78, 5) is 25.7. The van der Waals surface area contributed by atoms with E-state index in [1.54, 1.807) is 0 Å². The van der Waals surface area contributed by atoms with Gasteiger partial charge in [0.2, 0.25) is 0 Å². The molecule has 2 amide bonds. The van der Waals surface area contributed by atoms with Gasteiger partial charge in [-0.1, -0.05) is 6.08 Å². The number of carbonyl (C=O) groups is 2. The molecular formula is C12H23N3O3. The van der Waals surface area contributed by atoms with E-state index in [0.717, 1.165) is 13.0 Å². The van der Waals surface area contributed by atoms with Crippen molar-refractivity contribution >= 4 is 12.0 Å². The Bertz CT molecular complexity index is 292. The van der Waals surface area contributed by atoms with Gasteiger partial charge in [0.25, 0.3) is 0 Å². The normalized spacial score (nSPS) is 12.0. The highest BCUT2D eigenvalue weighted by molar-refractivity contribution is 5.80. The van der Waals surface area contributed by atoms with E-state index in [1.165, 1.54) is 11.0 Å². The van der Waals surface area contributed by atoms with E-state index in [0.29, 0.717) is 0 Å². The predicted molar refractivity (Wildman–Crippen MR) is 70.6 cm³/mol. The van der Waals surface area contributed by atoms with Crippen LogP contribution in [0, 0.1) is 0 Å². The van der Waals surface area contributed by atoms with Crippen molar-refractivity contribution < 1.29 is 14.7 Å². The molecule has 18 heavy (non-hydrogen) atoms. The second-order valence-corrected chi connectivity index (χ2v) is 4.51. The summed E-state index contributed by atoms with van der Waals surface area (Å²) in [6.45, 7) is 6.17. The number of urea groups is 1. The number of nitrogens with one attached hydrogen (secondary N) is 1. The maximum atomic E-state index is 11.8. The highest BCUT2D eigenvalue weighted by Crippen LogP contribution is 1.96. The molecule has 0 fully saturated rings. The van der Waals surface area contributed by atoms with Gasteiger partial charge in [0.05, 0.1) is 0 Å². The molecule has 0 radical (unpaired) electrons. The first-order valence-corrected chi connectivity index (χ1v) is 5.89. The molecule has 0 saturated carbocycles. The first-order chi connectivity index (χ1) is 8.36. The van der Waals surface area contributed by atoms with E-state index >= 15 is 0 Å². The lowest BCUT2D eigenvalue weighted by molar-refractivity contribution is -0.137. The van der Waals surface area contributed by atoms with Crippen LogP contribution in [-0.2, 0) is 4.79 Å². The van der Waals surface area contributed by atoms with Gasteiger partial charge in [0, 0.05) is 12.6 Å². The third-order valence-corrected chi connectivity index (χ3v) is 2.34. The molecule has 0 aromatic carbocycles. The number of aliphatic carboxylic acids is 1. The van der Waals surface area contributed by atoms with Crippen molar-refractivity contribution in [1.29, 1.82) is 0 Å². The molecule has 104 valence electrons. The summed E-state index contributed by atoms with van der Waals surface area (Å²) in [5, 5.41) is 11.5. The molecule has 0 aliphatic rings. The maximum Gasteiger partial charge on any atom is 0.323 e. The van der Waals surface area contributed by atoms with E-state index < -0.39 is 5.97 Å². The zero-order valence-electron chi connectivity index (χ0n) is 11.3. The van der Waals surface area contributed by atoms with Gasteiger partial charge in [-0.25, -0.2) is 4.79 Å². The first-order valence-electron chi connectivity index (χ1n) is 5.89. The fourth-order valence-corrected chi connectivity index (χ4v) is 1.36. The Hall–Kier alpha value is -1.56. The lowest BCUT2D eigenvalue weighted by Gasteiger charge is -2.23. The Kier molecular flexibility index (Phi) is 7.78. The zero-order valence-corrected chi connectivity index (χ0v) is 11.3. The second-order valence-electron chi connectivity index (χ2n) is 4.51. The third kappa shape index (κ3) is 7.67. The standard InChI is InChI=1S/C12H23N3O3/c1-5-7-15(9-11(16)17)12(18)13-10(2)6-8-14(3)4/h5,10H,1,6-9H2,2-4H3,(H,13,18)(H,16,17). The van der Waals surface area contributed by atoms with Gasteiger partial charge in [-0.05, 0) is 34.0 Å². The molecule has 0 heterocycles. The van der Waals surface area contributed by atoms with E-state index in [-0.39, 0.29) is 25.2 Å². The zero-order chi connectivity index (χ0) is 14.1. The van der Waals surface area contributed by atoms with Crippen LogP contribution in [0.5, 0.6) is 0 Å². The molecule has 0 aliphatic carbocycles. The summed E-state index contributed by atoms with van der Waals surface area (Å²) in [6, 6.07) is -0.371. The molecule has 0 aromatic rings. The third-order valence-electron chi connectivity index (χ3n) is 2.34. The quantitative estimate of drug-likeness (QED) is 0.625. The molecule has 0 rings (SSSR count). The molecule has 0 saturated heterocycles. The molecule has 2 N–H and O–H groups in total. The summed E-state index contributed by atoms with van der Waals surface area (Å²) < 4.78 is 0. The Morgan fingerprint density at radius 1 is 1.44 bits per heavy atom. The molecule has 1 unspecified atom stereocenters. The molecule has 0 bridgehead atoms. The fourth-order valence-electron chi connectivity index (χ4n) is 1.36. The lowest BCUT2D eigenvalue weighted by Crippen LogP contribution is -2.46. The fraction of sp³-hybridized carbons (Fsp3) is 0.667. The van der Waals surface area contributed by atoms with Crippen LogP contribution >= 0.6 is 0 Å². The molecule has 0 spiro atoms. The molecule has 1 atom stereocenters. The minimum absolute atomic E-state index is 0.000935. The first kappa shape index (κ1) is 16.4. The highest BCUT2D eigenvalue weighted by atomic mass is 16.4. The average molecular weight is 257 g/mol. The molecule has 6 nitrogen and oxygen atoms in total. The highest BCUT2D eigenvalue weighted by Gasteiger charge is 2.17. The van der Waals surface area contributed by atoms with Crippen molar-refractivity contribution in [3.8, 4) is 0 Å². The summed E-state index contributed by atoms with van der Waals surface area (Å²) in [7, 11) is 3.92. The number of carbonyl (C=O) groups excluding carboxylic acids is 1. The molecular weight excluding hydrogens is 234 g/mol. The van der Waals surface area contributed by atoms with Crippen LogP contribution in [-0.4, -0.2) is 66.7 Å². The van der Waals surface area contributed by atoms with Gasteiger partial charge >= 0.3 is 12.0 Å². The number of amides is 2. The smallest absolute Gasteiger partial charge is 0.323 e. The number of carboxylic acids is 1. The van der Waals surface area contributed by atoms with Gasteiger partial charge in [-0.3, -0.25) is 4.79 Å². The number of hydrogen-bond acceptors (Lipinski definition) is 3. The number of carboxylic acid groups (broad SMARTS) is 1. The van der Waals surface area contributed by atoms with Gasteiger partial charge in [0.1, 0.15) is 6.54 Å². The van der Waals surface area contributed by atoms with Crippen LogP contribution in [0.3, 0.4) is 0 Å². The lowest BCUT2D eigenvalue weighted by atomic mass is 10.2. The minimum atomic E-state index is -1.03. The van der Waals surface area contributed by atoms with Gasteiger partial charge in [-0.15, -0.1) is 6.58 Å². The van der Waals surface area contributed by atoms with Crippen LogP contribution in [0.1, 0.15) is 13.3 Å². The molecule has 0 aliphatic heterocycles. The number of rotatable bonds is 8. The van der Waals surface area contributed by atoms with E-state index in [2.05, 4.69) is 11.9 Å². The maximum absolute atomic E-state index is 11.8. The van der Waals surface area contributed by atoms with Crippen molar-refractivity contribution in [3.05, 3.63) is 12.7 Å². The van der Waals surface area contributed by atoms with Crippen molar-refractivity contribution in [2.45, 2.75) is 19.4 Å². The monoisotopic (exact) mass is 257 g/mol. The topological polar surface area (TPSA) is 72.9 Å². The minimum Gasteiger partial charge on any atom is -0.480 e. The summed E-state index contributed by atoms with van der Waals surface area (Å²) >= 11 is 0. The van der Waals surface area contributed by atoms with Gasteiger partial charge in [0.15, 0.2) is 0 Å². The van der Waals surface area contributed by atoms with Gasteiger partial charge < -0.3 is 20.2 Å². The molecule has 0 aromatic heterocycles. The van der Waals surface area contributed by atoms with E-state index in [9.17, 15) is 9.59 Å². The van der Waals surface area contributed by atoms with E-state index in [1.807, 2.05) is 25.9 Å². The average Bonchev–Trinajstić information content (AvgIpc) is 2.25. The number of nitrogens with zero attached hydrogens (tertiary/aromatic N) is 2. The summed E-state index contributed by atoms with van der Waals surface area (Å²) in [5.74, 6) is -1.03. The van der Waals surface area contributed by atoms with Crippen molar-refractivity contribution in [2.24, 2.45) is 0 Å². The number of hydrogen-bond donors (Lipinski definition) is 2. The van der Waals surface area contributed by atoms with Crippen LogP contribution < -0.4 is 5.32 Å². The SMILES string of the molecule is C=CCN(CC(=O)O)C(=O)NC(C)CCN(C)C. The van der Waals surface area contributed by atoms with Crippen LogP contribution in [0.4, 0.5) is 4.79 Å². The van der Waals surface area contributed by atoms with Crippen LogP contribution in [0.25, 0.3) is 0 Å². The van der Waals surface area contributed by atoms with Gasteiger partial charge in [-0.2, -0.15) is 0 Å². The molecule has 6 heteroatoms. The Labute approximate surface area is 108 Å². The Balaban J connectivity index is 4.23. The largest absolute Gasteiger partial charge is 0.480 e. The van der Waals surface area contributed by atoms with Crippen LogP contribution in [0.15, 0.2) is 12.7 Å². The van der Waals surface area contributed by atoms with Crippen molar-refractivity contribution in [1.82, 2.24) is 15.1 Å². The summed E-state index contributed by atoms with van der Waals surface area (Å²) in [5.41, 5.74) is 0. The van der Waals surface area contributed by atoms with Crippen LogP contribution in [0.2, 0.25) is 0 Å². The van der Waals surface area contributed by atoms with E-state index in [4.69, 9.17) is 5.11 Å². The Morgan fingerprint density at radius 2 is 2.06 bits per heavy atom. The second kappa shape index (κ2) is 8.52.